The van der Waals surface area contributed by atoms with Crippen molar-refractivity contribution < 1.29 is 17.7 Å². The number of hydrazone groups is 1. The lowest BCUT2D eigenvalue weighted by molar-refractivity contribution is -0.385. The summed E-state index contributed by atoms with van der Waals surface area (Å²) in [5.74, 6) is -0.457. The monoisotopic (exact) mass is 448 g/mol. The Morgan fingerprint density at radius 1 is 1.03 bits per heavy atom. The summed E-state index contributed by atoms with van der Waals surface area (Å²) in [6, 6.07) is 15.0. The van der Waals surface area contributed by atoms with Crippen LogP contribution >= 0.6 is 11.6 Å². The van der Waals surface area contributed by atoms with Gasteiger partial charge in [0.2, 0.25) is 0 Å². The molecule has 154 valence electrons. The lowest BCUT2D eigenvalue weighted by atomic mass is 10.2. The number of nitro benzene ring substituents is 1. The maximum absolute atomic E-state index is 13.3. The normalized spacial score (nSPS) is 11.4. The number of non-ortho nitro benzene ring substituents is 1. The molecule has 0 unspecified atom stereocenters. The summed E-state index contributed by atoms with van der Waals surface area (Å²) in [6.07, 6.45) is 1.28. The molecule has 8 nitrogen and oxygen atoms in total. The van der Waals surface area contributed by atoms with E-state index < -0.39 is 31.3 Å². The second-order valence-corrected chi connectivity index (χ2v) is 8.01. The van der Waals surface area contributed by atoms with E-state index in [1.54, 1.807) is 18.2 Å². The molecule has 0 heterocycles. The fraction of sp³-hybridized carbons (Fsp3) is 0. The predicted molar refractivity (Wildman–Crippen MR) is 113 cm³/mol. The van der Waals surface area contributed by atoms with E-state index in [1.165, 1.54) is 42.6 Å². The summed E-state index contributed by atoms with van der Waals surface area (Å²) in [5, 5.41) is 15.2. The number of rotatable bonds is 7. The van der Waals surface area contributed by atoms with Crippen molar-refractivity contribution in [3.63, 3.8) is 0 Å². The van der Waals surface area contributed by atoms with E-state index in [9.17, 15) is 22.9 Å². The zero-order valence-corrected chi connectivity index (χ0v) is 16.7. The molecule has 30 heavy (non-hydrogen) atoms. The van der Waals surface area contributed by atoms with Crippen LogP contribution in [0.1, 0.15) is 5.56 Å². The van der Waals surface area contributed by atoms with Crippen molar-refractivity contribution in [1.82, 2.24) is 0 Å². The first-order valence-electron chi connectivity index (χ1n) is 8.37. The van der Waals surface area contributed by atoms with Gasteiger partial charge in [0, 0.05) is 12.1 Å². The number of nitrogens with zero attached hydrogens (tertiary/aromatic N) is 2. The third-order valence-corrected chi connectivity index (χ3v) is 5.57. The van der Waals surface area contributed by atoms with Gasteiger partial charge in [-0.2, -0.15) is 5.10 Å². The molecule has 0 spiro atoms. The fourth-order valence-electron chi connectivity index (χ4n) is 2.45. The van der Waals surface area contributed by atoms with Crippen LogP contribution in [-0.4, -0.2) is 19.6 Å². The number of hydrogen-bond acceptors (Lipinski definition) is 6. The summed E-state index contributed by atoms with van der Waals surface area (Å²) in [4.78, 5) is 10.00. The highest BCUT2D eigenvalue weighted by molar-refractivity contribution is 7.93. The van der Waals surface area contributed by atoms with Crippen molar-refractivity contribution in [2.45, 2.75) is 4.90 Å². The largest absolute Gasteiger partial charge is 0.278 e. The van der Waals surface area contributed by atoms with Crippen LogP contribution in [0.5, 0.6) is 0 Å². The van der Waals surface area contributed by atoms with E-state index in [0.717, 1.165) is 12.1 Å². The number of halogens is 2. The number of benzene rings is 3. The molecule has 0 aliphatic heterocycles. The second-order valence-electron chi connectivity index (χ2n) is 5.95. The minimum absolute atomic E-state index is 0.0205. The highest BCUT2D eigenvalue weighted by atomic mass is 35.5. The van der Waals surface area contributed by atoms with Crippen LogP contribution in [0.2, 0.25) is 5.02 Å². The highest BCUT2D eigenvalue weighted by Gasteiger charge is 2.23. The van der Waals surface area contributed by atoms with Crippen LogP contribution in [0.3, 0.4) is 0 Å². The van der Waals surface area contributed by atoms with Crippen LogP contribution in [0, 0.1) is 15.9 Å². The Hall–Kier alpha value is -3.50. The van der Waals surface area contributed by atoms with Crippen LogP contribution < -0.4 is 10.1 Å². The molecular formula is C19H14ClFN4O4S. The Bertz CT molecular complexity index is 1230. The minimum atomic E-state index is -4.26. The molecule has 0 aliphatic carbocycles. The molecule has 0 saturated carbocycles. The summed E-state index contributed by atoms with van der Waals surface area (Å²) in [7, 11) is -4.26. The van der Waals surface area contributed by atoms with Crippen molar-refractivity contribution >= 4 is 44.9 Å². The van der Waals surface area contributed by atoms with Gasteiger partial charge in [0.15, 0.2) is 0 Å². The maximum atomic E-state index is 13.3. The maximum Gasteiger partial charge on any atom is 0.270 e. The molecule has 2 N–H and O–H groups in total. The van der Waals surface area contributed by atoms with Crippen LogP contribution in [0.25, 0.3) is 0 Å². The van der Waals surface area contributed by atoms with Crippen LogP contribution in [0.15, 0.2) is 76.7 Å². The minimum Gasteiger partial charge on any atom is -0.278 e. The van der Waals surface area contributed by atoms with Gasteiger partial charge in [0.25, 0.3) is 15.7 Å². The molecule has 0 saturated heterocycles. The molecule has 0 radical (unpaired) electrons. The van der Waals surface area contributed by atoms with E-state index in [0.29, 0.717) is 5.56 Å². The number of anilines is 2. The molecular weight excluding hydrogens is 435 g/mol. The Balaban J connectivity index is 1.96. The summed E-state index contributed by atoms with van der Waals surface area (Å²) >= 11 is 6.00. The molecule has 0 bridgehead atoms. The summed E-state index contributed by atoms with van der Waals surface area (Å²) < 4.78 is 41.3. The van der Waals surface area contributed by atoms with Crippen LogP contribution in [0.4, 0.5) is 21.5 Å². The van der Waals surface area contributed by atoms with Crippen molar-refractivity contribution in [2.24, 2.45) is 5.10 Å². The first-order chi connectivity index (χ1) is 14.3. The fourth-order valence-corrected chi connectivity index (χ4v) is 3.94. The average molecular weight is 449 g/mol. The first kappa shape index (κ1) is 21.2. The van der Waals surface area contributed by atoms with E-state index in [2.05, 4.69) is 15.2 Å². The Morgan fingerprint density at radius 2 is 1.80 bits per heavy atom. The SMILES string of the molecule is O=[N+]([O-])c1ccc(N/N=C/c2cccc(F)c2)c(S(=O)(=O)Nc2ccccc2Cl)c1. The van der Waals surface area contributed by atoms with Gasteiger partial charge in [0.1, 0.15) is 10.7 Å². The number of sulfonamides is 1. The zero-order valence-electron chi connectivity index (χ0n) is 15.1. The number of para-hydroxylation sites is 1. The van der Waals surface area contributed by atoms with Gasteiger partial charge in [-0.15, -0.1) is 0 Å². The first-order valence-corrected chi connectivity index (χ1v) is 10.2. The van der Waals surface area contributed by atoms with Gasteiger partial charge in [-0.3, -0.25) is 20.3 Å². The number of nitro groups is 1. The van der Waals surface area contributed by atoms with Crippen LogP contribution in [-0.2, 0) is 10.0 Å². The van der Waals surface area contributed by atoms with Gasteiger partial charge in [-0.05, 0) is 35.9 Å². The van der Waals surface area contributed by atoms with E-state index >= 15 is 0 Å². The molecule has 3 aromatic rings. The number of hydrogen-bond donors (Lipinski definition) is 2. The second kappa shape index (κ2) is 8.89. The summed E-state index contributed by atoms with van der Waals surface area (Å²) in [5.41, 5.74) is 2.63. The number of nitrogens with one attached hydrogen (secondary N) is 2. The van der Waals surface area contributed by atoms with Crippen molar-refractivity contribution in [3.05, 3.63) is 93.2 Å². The topological polar surface area (TPSA) is 114 Å². The Labute approximate surface area is 176 Å². The molecule has 3 aromatic carbocycles. The average Bonchev–Trinajstić information content (AvgIpc) is 2.69. The predicted octanol–water partition coefficient (Wildman–Crippen LogP) is 4.63. The van der Waals surface area contributed by atoms with Gasteiger partial charge in [-0.25, -0.2) is 12.8 Å². The lowest BCUT2D eigenvalue weighted by Crippen LogP contribution is -2.15. The van der Waals surface area contributed by atoms with Crippen molar-refractivity contribution in [1.29, 1.82) is 0 Å². The smallest absolute Gasteiger partial charge is 0.270 e. The van der Waals surface area contributed by atoms with E-state index in [4.69, 9.17) is 11.6 Å². The molecule has 0 fully saturated rings. The molecule has 0 aromatic heterocycles. The van der Waals surface area contributed by atoms with E-state index in [1.807, 2.05) is 0 Å². The van der Waals surface area contributed by atoms with Gasteiger partial charge in [-0.1, -0.05) is 35.9 Å². The third kappa shape index (κ3) is 5.10. The van der Waals surface area contributed by atoms with Crippen molar-refractivity contribution in [3.8, 4) is 0 Å². The Kier molecular flexibility index (Phi) is 6.28. The molecule has 3 rings (SSSR count). The van der Waals surface area contributed by atoms with Crippen molar-refractivity contribution in [2.75, 3.05) is 10.1 Å². The molecule has 0 aliphatic rings. The van der Waals surface area contributed by atoms with Gasteiger partial charge < -0.3 is 0 Å². The third-order valence-electron chi connectivity index (χ3n) is 3.83. The lowest BCUT2D eigenvalue weighted by Gasteiger charge is -2.12. The quantitative estimate of drug-likeness (QED) is 0.310. The van der Waals surface area contributed by atoms with Gasteiger partial charge in [0.05, 0.1) is 27.5 Å². The van der Waals surface area contributed by atoms with Gasteiger partial charge >= 0.3 is 0 Å². The summed E-state index contributed by atoms with van der Waals surface area (Å²) in [6.45, 7) is 0. The zero-order chi connectivity index (χ0) is 21.7. The molecule has 0 atom stereocenters. The van der Waals surface area contributed by atoms with E-state index in [-0.39, 0.29) is 16.4 Å². The highest BCUT2D eigenvalue weighted by Crippen LogP contribution is 2.30. The standard InChI is InChI=1S/C19H14ClFN4O4S/c20-16-6-1-2-7-17(16)24-30(28,29)19-11-15(25(26)27)8-9-18(19)23-22-12-13-4-3-5-14(21)10-13/h1-12,23-24H/b22-12+. The Morgan fingerprint density at radius 3 is 2.50 bits per heavy atom. The molecule has 11 heteroatoms. The molecule has 0 amide bonds.